The maximum atomic E-state index is 11.1. The van der Waals surface area contributed by atoms with Gasteiger partial charge in [0.15, 0.2) is 0 Å². The Morgan fingerprint density at radius 2 is 1.65 bits per heavy atom. The smallest absolute Gasteiger partial charge is 0.310 e. The number of carboxylic acids is 1. The van der Waals surface area contributed by atoms with Gasteiger partial charge in [-0.25, -0.2) is 0 Å². The maximum absolute atomic E-state index is 11.1. The van der Waals surface area contributed by atoms with Crippen LogP contribution in [0.5, 0.6) is 0 Å². The van der Waals surface area contributed by atoms with E-state index in [1.807, 2.05) is 13.8 Å². The van der Waals surface area contributed by atoms with Gasteiger partial charge in [0.2, 0.25) is 0 Å². The van der Waals surface area contributed by atoms with Gasteiger partial charge in [0, 0.05) is 6.54 Å². The Morgan fingerprint density at radius 1 is 1.18 bits per heavy atom. The van der Waals surface area contributed by atoms with E-state index >= 15 is 0 Å². The third kappa shape index (κ3) is 3.98. The normalized spacial score (nSPS) is 20.5. The summed E-state index contributed by atoms with van der Waals surface area (Å²) in [5.74, 6) is 0.0714. The van der Waals surface area contributed by atoms with E-state index in [9.17, 15) is 4.79 Å². The topological polar surface area (TPSA) is 40.5 Å². The van der Waals surface area contributed by atoms with Crippen LogP contribution in [0.2, 0.25) is 0 Å². The minimum absolute atomic E-state index is 0.383. The lowest BCUT2D eigenvalue weighted by Crippen LogP contribution is -2.44. The third-order valence-corrected chi connectivity index (χ3v) is 4.01. The van der Waals surface area contributed by atoms with E-state index in [0.29, 0.717) is 12.0 Å². The molecule has 0 aliphatic carbocycles. The molecule has 3 nitrogen and oxygen atoms in total. The van der Waals surface area contributed by atoms with Crippen LogP contribution in [-0.2, 0) is 4.79 Å². The first-order valence-electron chi connectivity index (χ1n) is 6.59. The fourth-order valence-corrected chi connectivity index (χ4v) is 2.58. The lowest BCUT2D eigenvalue weighted by Gasteiger charge is -2.40. The molecule has 1 heterocycles. The van der Waals surface area contributed by atoms with Crippen LogP contribution in [0, 0.1) is 16.7 Å². The number of carboxylic acid groups (broad SMARTS) is 1. The van der Waals surface area contributed by atoms with Gasteiger partial charge in [0.1, 0.15) is 0 Å². The zero-order chi connectivity index (χ0) is 13.3. The van der Waals surface area contributed by atoms with Crippen molar-refractivity contribution in [1.29, 1.82) is 0 Å². The van der Waals surface area contributed by atoms with E-state index in [-0.39, 0.29) is 0 Å². The van der Waals surface area contributed by atoms with Crippen molar-refractivity contribution in [2.45, 2.75) is 47.5 Å². The molecule has 0 atom stereocenters. The highest BCUT2D eigenvalue weighted by Crippen LogP contribution is 2.34. The van der Waals surface area contributed by atoms with Crippen molar-refractivity contribution in [1.82, 2.24) is 4.90 Å². The fraction of sp³-hybridized carbons (Fsp3) is 0.929. The summed E-state index contributed by atoms with van der Waals surface area (Å²) in [4.78, 5) is 13.4. The van der Waals surface area contributed by atoms with Gasteiger partial charge in [0.25, 0.3) is 0 Å². The molecule has 0 radical (unpaired) electrons. The Labute approximate surface area is 105 Å². The van der Waals surface area contributed by atoms with Crippen LogP contribution >= 0.6 is 0 Å². The van der Waals surface area contributed by atoms with E-state index in [1.54, 1.807) is 0 Å². The monoisotopic (exact) mass is 241 g/mol. The van der Waals surface area contributed by atoms with E-state index in [4.69, 9.17) is 5.11 Å². The number of piperidine rings is 1. The van der Waals surface area contributed by atoms with Crippen LogP contribution in [0.15, 0.2) is 0 Å². The average molecular weight is 241 g/mol. The van der Waals surface area contributed by atoms with Crippen LogP contribution in [-0.4, -0.2) is 35.6 Å². The standard InChI is InChI=1S/C14H27NO2/c1-13(2,3)11-6-8-15(9-7-11)10-14(4,5)12(16)17/h11H,6-10H2,1-5H3,(H,16,17). The molecule has 0 saturated carbocycles. The van der Waals surface area contributed by atoms with Gasteiger partial charge in [-0.15, -0.1) is 0 Å². The molecule has 1 saturated heterocycles. The third-order valence-electron chi connectivity index (χ3n) is 4.01. The Morgan fingerprint density at radius 3 is 2.00 bits per heavy atom. The lowest BCUT2D eigenvalue weighted by molar-refractivity contribution is -0.148. The van der Waals surface area contributed by atoms with Crippen molar-refractivity contribution in [3.05, 3.63) is 0 Å². The first-order chi connectivity index (χ1) is 7.63. The van der Waals surface area contributed by atoms with E-state index in [2.05, 4.69) is 25.7 Å². The highest BCUT2D eigenvalue weighted by molar-refractivity contribution is 5.73. The van der Waals surface area contributed by atoms with Gasteiger partial charge >= 0.3 is 5.97 Å². The summed E-state index contributed by atoms with van der Waals surface area (Å²) in [6.07, 6.45) is 2.39. The molecular weight excluding hydrogens is 214 g/mol. The minimum Gasteiger partial charge on any atom is -0.481 e. The number of carbonyl (C=O) groups is 1. The molecule has 0 spiro atoms. The molecule has 0 unspecified atom stereocenters. The van der Waals surface area contributed by atoms with Crippen molar-refractivity contribution in [3.63, 3.8) is 0 Å². The molecule has 1 N–H and O–H groups in total. The molecule has 1 fully saturated rings. The highest BCUT2D eigenvalue weighted by atomic mass is 16.4. The largest absolute Gasteiger partial charge is 0.481 e. The van der Waals surface area contributed by atoms with Gasteiger partial charge in [-0.05, 0) is 51.1 Å². The zero-order valence-corrected chi connectivity index (χ0v) is 11.9. The molecule has 0 aromatic heterocycles. The van der Waals surface area contributed by atoms with E-state index in [0.717, 1.165) is 19.0 Å². The van der Waals surface area contributed by atoms with Crippen LogP contribution in [0.4, 0.5) is 0 Å². The molecule has 100 valence electrons. The summed E-state index contributed by atoms with van der Waals surface area (Å²) >= 11 is 0. The van der Waals surface area contributed by atoms with Crippen molar-refractivity contribution < 1.29 is 9.90 Å². The quantitative estimate of drug-likeness (QED) is 0.826. The summed E-state index contributed by atoms with van der Waals surface area (Å²) in [5.41, 5.74) is -0.247. The van der Waals surface area contributed by atoms with Crippen LogP contribution in [0.3, 0.4) is 0 Å². The number of hydrogen-bond acceptors (Lipinski definition) is 2. The summed E-state index contributed by atoms with van der Waals surface area (Å²) in [6, 6.07) is 0. The van der Waals surface area contributed by atoms with Crippen LogP contribution in [0.1, 0.15) is 47.5 Å². The second kappa shape index (κ2) is 4.97. The predicted molar refractivity (Wildman–Crippen MR) is 70.0 cm³/mol. The van der Waals surface area contributed by atoms with Gasteiger partial charge in [-0.1, -0.05) is 20.8 Å². The van der Waals surface area contributed by atoms with Gasteiger partial charge in [-0.2, -0.15) is 0 Å². The molecular formula is C14H27NO2. The second-order valence-electron chi connectivity index (χ2n) is 7.11. The van der Waals surface area contributed by atoms with Gasteiger partial charge in [-0.3, -0.25) is 4.79 Å². The van der Waals surface area contributed by atoms with Crippen molar-refractivity contribution in [2.24, 2.45) is 16.7 Å². The number of nitrogens with zero attached hydrogens (tertiary/aromatic N) is 1. The minimum atomic E-state index is -0.699. The van der Waals surface area contributed by atoms with Crippen molar-refractivity contribution in [3.8, 4) is 0 Å². The van der Waals surface area contributed by atoms with Crippen molar-refractivity contribution >= 4 is 5.97 Å². The number of rotatable bonds is 3. The predicted octanol–water partition coefficient (Wildman–Crippen LogP) is 2.86. The number of hydrogen-bond donors (Lipinski definition) is 1. The maximum Gasteiger partial charge on any atom is 0.310 e. The van der Waals surface area contributed by atoms with E-state index < -0.39 is 11.4 Å². The summed E-state index contributed by atoms with van der Waals surface area (Å²) < 4.78 is 0. The van der Waals surface area contributed by atoms with Crippen molar-refractivity contribution in [2.75, 3.05) is 19.6 Å². The summed E-state index contributed by atoms with van der Waals surface area (Å²) in [6.45, 7) is 13.3. The Kier molecular flexibility index (Phi) is 4.23. The highest BCUT2D eigenvalue weighted by Gasteiger charge is 2.33. The molecule has 3 heteroatoms. The number of aliphatic carboxylic acids is 1. The first-order valence-corrected chi connectivity index (χ1v) is 6.59. The Bertz CT molecular complexity index is 270. The molecule has 0 bridgehead atoms. The van der Waals surface area contributed by atoms with Gasteiger partial charge in [0.05, 0.1) is 5.41 Å². The lowest BCUT2D eigenvalue weighted by atomic mass is 9.75. The molecule has 17 heavy (non-hydrogen) atoms. The Balaban J connectivity index is 2.46. The molecule has 0 amide bonds. The first kappa shape index (κ1) is 14.5. The molecule has 0 aromatic carbocycles. The molecule has 1 rings (SSSR count). The molecule has 1 aliphatic heterocycles. The average Bonchev–Trinajstić information content (AvgIpc) is 2.16. The van der Waals surface area contributed by atoms with E-state index in [1.165, 1.54) is 12.8 Å². The summed E-state index contributed by atoms with van der Waals surface area (Å²) in [5, 5.41) is 9.13. The Hall–Kier alpha value is -0.570. The molecule has 0 aromatic rings. The molecule has 1 aliphatic rings. The zero-order valence-electron chi connectivity index (χ0n) is 11.9. The summed E-state index contributed by atoms with van der Waals surface area (Å²) in [7, 11) is 0. The number of likely N-dealkylation sites (tertiary alicyclic amines) is 1. The second-order valence-corrected chi connectivity index (χ2v) is 7.11. The van der Waals surface area contributed by atoms with Crippen LogP contribution < -0.4 is 0 Å². The van der Waals surface area contributed by atoms with Crippen LogP contribution in [0.25, 0.3) is 0 Å². The fourth-order valence-electron chi connectivity index (χ4n) is 2.58. The SMILES string of the molecule is CC(C)(CN1CCC(C(C)(C)C)CC1)C(=O)O. The van der Waals surface area contributed by atoms with Gasteiger partial charge < -0.3 is 10.0 Å².